The number of rotatable bonds is 3. The van der Waals surface area contributed by atoms with Gasteiger partial charge in [-0.15, -0.1) is 0 Å². The van der Waals surface area contributed by atoms with Gasteiger partial charge in [0.05, 0.1) is 0 Å². The van der Waals surface area contributed by atoms with E-state index in [2.05, 4.69) is 48.2 Å². The Morgan fingerprint density at radius 2 is 1.74 bits per heavy atom. The van der Waals surface area contributed by atoms with Crippen molar-refractivity contribution in [2.24, 2.45) is 0 Å². The lowest BCUT2D eigenvalue weighted by atomic mass is 10.1. The summed E-state index contributed by atoms with van der Waals surface area (Å²) in [5, 5.41) is 3.35. The third kappa shape index (κ3) is 3.68. The minimum atomic E-state index is -0.0169. The van der Waals surface area contributed by atoms with Crippen LogP contribution in [0, 0.1) is 0 Å². The quantitative estimate of drug-likeness (QED) is 0.913. The molecule has 4 heteroatoms. The largest absolute Gasteiger partial charge is 0.365 e. The number of hydrogen-bond donors (Lipinski definition) is 1. The van der Waals surface area contributed by atoms with Crippen molar-refractivity contribution in [1.29, 1.82) is 0 Å². The number of para-hydroxylation sites is 1. The van der Waals surface area contributed by atoms with Gasteiger partial charge < -0.3 is 10.2 Å². The second-order valence-electron chi connectivity index (χ2n) is 5.53. The molecule has 0 saturated heterocycles. The average Bonchev–Trinajstić information content (AvgIpc) is 2.37. The highest BCUT2D eigenvalue weighted by atomic mass is 15.2. The average molecular weight is 256 g/mol. The highest BCUT2D eigenvalue weighted by Crippen LogP contribution is 2.23. The molecular formula is C15H20N4. The molecule has 100 valence electrons. The van der Waals surface area contributed by atoms with Gasteiger partial charge in [0, 0.05) is 24.3 Å². The molecular weight excluding hydrogens is 236 g/mol. The zero-order valence-corrected chi connectivity index (χ0v) is 11.9. The van der Waals surface area contributed by atoms with Crippen molar-refractivity contribution < 1.29 is 0 Å². The first-order chi connectivity index (χ1) is 8.96. The topological polar surface area (TPSA) is 41.0 Å². The van der Waals surface area contributed by atoms with E-state index in [0.717, 1.165) is 17.3 Å². The van der Waals surface area contributed by atoms with Crippen LogP contribution < -0.4 is 10.2 Å². The van der Waals surface area contributed by atoms with Gasteiger partial charge in [-0.2, -0.15) is 0 Å². The molecule has 19 heavy (non-hydrogen) atoms. The predicted octanol–water partition coefficient (Wildman–Crippen LogP) is 3.45. The molecule has 1 heterocycles. The Labute approximate surface area is 114 Å². The Morgan fingerprint density at radius 3 is 2.37 bits per heavy atom. The molecule has 2 aromatic rings. The van der Waals surface area contributed by atoms with Crippen molar-refractivity contribution in [1.82, 2.24) is 9.97 Å². The Kier molecular flexibility index (Phi) is 3.69. The highest BCUT2D eigenvalue weighted by Gasteiger charge is 2.12. The summed E-state index contributed by atoms with van der Waals surface area (Å²) >= 11 is 0. The van der Waals surface area contributed by atoms with Crippen molar-refractivity contribution in [3.63, 3.8) is 0 Å². The molecule has 0 saturated carbocycles. The third-order valence-corrected chi connectivity index (χ3v) is 2.64. The summed E-state index contributed by atoms with van der Waals surface area (Å²) < 4.78 is 0. The van der Waals surface area contributed by atoms with Crippen molar-refractivity contribution >= 4 is 17.3 Å². The first-order valence-corrected chi connectivity index (χ1v) is 6.35. The van der Waals surface area contributed by atoms with Crippen molar-refractivity contribution in [2.75, 3.05) is 17.3 Å². The molecule has 1 N–H and O–H groups in total. The first-order valence-electron chi connectivity index (χ1n) is 6.35. The van der Waals surface area contributed by atoms with E-state index >= 15 is 0 Å². The maximum absolute atomic E-state index is 4.32. The summed E-state index contributed by atoms with van der Waals surface area (Å²) in [5.41, 5.74) is 1.08. The van der Waals surface area contributed by atoms with Gasteiger partial charge in [0.25, 0.3) is 0 Å². The van der Waals surface area contributed by atoms with Gasteiger partial charge in [-0.05, 0) is 32.9 Å². The molecule has 1 aromatic heterocycles. The smallest absolute Gasteiger partial charge is 0.138 e. The molecule has 4 nitrogen and oxygen atoms in total. The van der Waals surface area contributed by atoms with Crippen LogP contribution in [0.25, 0.3) is 0 Å². The van der Waals surface area contributed by atoms with Crippen LogP contribution >= 0.6 is 0 Å². The first kappa shape index (κ1) is 13.3. The second kappa shape index (κ2) is 5.26. The number of aromatic nitrogens is 2. The number of nitrogens with zero attached hydrogens (tertiary/aromatic N) is 3. The van der Waals surface area contributed by atoms with E-state index in [1.54, 1.807) is 6.33 Å². The monoisotopic (exact) mass is 256 g/mol. The van der Waals surface area contributed by atoms with Gasteiger partial charge in [-0.3, -0.25) is 0 Å². The van der Waals surface area contributed by atoms with E-state index in [9.17, 15) is 0 Å². The van der Waals surface area contributed by atoms with Crippen LogP contribution in [0.3, 0.4) is 0 Å². The highest BCUT2D eigenvalue weighted by molar-refractivity contribution is 5.61. The van der Waals surface area contributed by atoms with E-state index < -0.39 is 0 Å². The van der Waals surface area contributed by atoms with Crippen molar-refractivity contribution in [3.05, 3.63) is 42.7 Å². The number of anilines is 3. The van der Waals surface area contributed by atoms with E-state index in [1.807, 2.05) is 36.2 Å². The summed E-state index contributed by atoms with van der Waals surface area (Å²) in [6.45, 7) is 6.32. The van der Waals surface area contributed by atoms with Crippen molar-refractivity contribution in [2.45, 2.75) is 26.3 Å². The molecule has 0 amide bonds. The van der Waals surface area contributed by atoms with E-state index in [-0.39, 0.29) is 5.54 Å². The van der Waals surface area contributed by atoms with Crippen molar-refractivity contribution in [3.8, 4) is 0 Å². The SMILES string of the molecule is CN(c1ccccc1)c1cc(NC(C)(C)C)ncn1. The molecule has 0 atom stereocenters. The molecule has 0 radical (unpaired) electrons. The molecule has 0 bridgehead atoms. The normalized spacial score (nSPS) is 11.2. The summed E-state index contributed by atoms with van der Waals surface area (Å²) in [6, 6.07) is 12.1. The molecule has 0 aliphatic heterocycles. The Morgan fingerprint density at radius 1 is 1.05 bits per heavy atom. The van der Waals surface area contributed by atoms with E-state index in [1.165, 1.54) is 0 Å². The number of nitrogens with one attached hydrogen (secondary N) is 1. The molecule has 1 aromatic carbocycles. The Hall–Kier alpha value is -2.10. The van der Waals surface area contributed by atoms with Gasteiger partial charge in [-0.25, -0.2) is 9.97 Å². The fourth-order valence-electron chi connectivity index (χ4n) is 1.77. The Bertz CT molecular complexity index is 531. The fourth-order valence-corrected chi connectivity index (χ4v) is 1.77. The second-order valence-corrected chi connectivity index (χ2v) is 5.53. The van der Waals surface area contributed by atoms with Crippen LogP contribution in [0.15, 0.2) is 42.7 Å². The molecule has 0 fully saturated rings. The summed E-state index contributed by atoms with van der Waals surface area (Å²) in [7, 11) is 2.00. The lowest BCUT2D eigenvalue weighted by molar-refractivity contribution is 0.630. The van der Waals surface area contributed by atoms with Gasteiger partial charge in [0.1, 0.15) is 18.0 Å². The van der Waals surface area contributed by atoms with Gasteiger partial charge in [0.15, 0.2) is 0 Å². The fraction of sp³-hybridized carbons (Fsp3) is 0.333. The molecule has 0 spiro atoms. The van der Waals surface area contributed by atoms with Crippen LogP contribution in [0.5, 0.6) is 0 Å². The van der Waals surface area contributed by atoms with Gasteiger partial charge >= 0.3 is 0 Å². The molecule has 0 aliphatic carbocycles. The third-order valence-electron chi connectivity index (χ3n) is 2.64. The minimum absolute atomic E-state index is 0.0169. The van der Waals surface area contributed by atoms with Crippen LogP contribution in [0.4, 0.5) is 17.3 Å². The van der Waals surface area contributed by atoms with E-state index in [0.29, 0.717) is 0 Å². The summed E-state index contributed by atoms with van der Waals surface area (Å²) in [4.78, 5) is 10.6. The summed E-state index contributed by atoms with van der Waals surface area (Å²) in [6.07, 6.45) is 1.59. The van der Waals surface area contributed by atoms with Crippen LogP contribution in [-0.2, 0) is 0 Å². The predicted molar refractivity (Wildman–Crippen MR) is 79.9 cm³/mol. The maximum atomic E-state index is 4.32. The standard InChI is InChI=1S/C15H20N4/c1-15(2,3)18-13-10-14(17-11-16-13)19(4)12-8-6-5-7-9-12/h5-11H,1-4H3,(H,16,17,18). The zero-order chi connectivity index (χ0) is 13.9. The maximum Gasteiger partial charge on any atom is 0.138 e. The summed E-state index contributed by atoms with van der Waals surface area (Å²) in [5.74, 6) is 1.70. The lowest BCUT2D eigenvalue weighted by Gasteiger charge is -2.23. The molecule has 0 aliphatic rings. The number of benzene rings is 1. The Balaban J connectivity index is 2.24. The van der Waals surface area contributed by atoms with E-state index in [4.69, 9.17) is 0 Å². The van der Waals surface area contributed by atoms with Gasteiger partial charge in [0.2, 0.25) is 0 Å². The van der Waals surface area contributed by atoms with Crippen LogP contribution in [0.2, 0.25) is 0 Å². The van der Waals surface area contributed by atoms with Crippen LogP contribution in [0.1, 0.15) is 20.8 Å². The number of hydrogen-bond acceptors (Lipinski definition) is 4. The minimum Gasteiger partial charge on any atom is -0.365 e. The van der Waals surface area contributed by atoms with Gasteiger partial charge in [-0.1, -0.05) is 18.2 Å². The zero-order valence-electron chi connectivity index (χ0n) is 11.9. The lowest BCUT2D eigenvalue weighted by Crippen LogP contribution is -2.27. The molecule has 2 rings (SSSR count). The molecule has 0 unspecified atom stereocenters. The van der Waals surface area contributed by atoms with Crippen LogP contribution in [-0.4, -0.2) is 22.6 Å².